The van der Waals surface area contributed by atoms with E-state index < -0.39 is 5.92 Å². The van der Waals surface area contributed by atoms with Gasteiger partial charge in [-0.2, -0.15) is 0 Å². The third kappa shape index (κ3) is 1.53. The molecule has 0 aromatic carbocycles. The van der Waals surface area contributed by atoms with Gasteiger partial charge < -0.3 is 4.79 Å². The minimum atomic E-state index is -0.953. The maximum absolute atomic E-state index is 11.0. The molecule has 0 heterocycles. The van der Waals surface area contributed by atoms with Crippen LogP contribution in [0.25, 0.3) is 0 Å². The molecule has 1 fully saturated rings. The average Bonchev–Trinajstić information content (AvgIpc) is 1.85. The molecule has 1 aliphatic carbocycles. The van der Waals surface area contributed by atoms with Crippen LogP contribution in [0.2, 0.25) is 0 Å². The maximum Gasteiger partial charge on any atom is 0.150 e. The Morgan fingerprint density at radius 1 is 1.27 bits per heavy atom. The van der Waals surface area contributed by atoms with Crippen molar-refractivity contribution in [1.29, 1.82) is 0 Å². The minimum Gasteiger partial charge on any atom is -0.302 e. The summed E-state index contributed by atoms with van der Waals surface area (Å²) in [7, 11) is 0. The minimum absolute atomic E-state index is 0.117. The molecular weight excluding hydrogens is 144 g/mol. The van der Waals surface area contributed by atoms with Gasteiger partial charge in [0.05, 0.1) is 0 Å². The Bertz CT molecular complexity index is 189. The Hall–Kier alpha value is -0.990. The highest BCUT2D eigenvalue weighted by atomic mass is 16.2. The fourth-order valence-corrected chi connectivity index (χ4v) is 1.34. The first kappa shape index (κ1) is 8.11. The predicted molar refractivity (Wildman–Crippen MR) is 38.0 cm³/mol. The predicted octanol–water partition coefficient (Wildman–Crippen LogP) is 0.370. The van der Waals surface area contributed by atoms with Crippen LogP contribution in [-0.2, 0) is 14.4 Å². The highest BCUT2D eigenvalue weighted by Crippen LogP contribution is 2.20. The van der Waals surface area contributed by atoms with E-state index in [2.05, 4.69) is 0 Å². The fourth-order valence-electron chi connectivity index (χ4n) is 1.34. The highest BCUT2D eigenvalue weighted by molar-refractivity contribution is 6.14. The van der Waals surface area contributed by atoms with Crippen molar-refractivity contribution in [2.45, 2.75) is 19.8 Å². The first-order valence-electron chi connectivity index (χ1n) is 3.66. The van der Waals surface area contributed by atoms with E-state index in [0.29, 0.717) is 19.1 Å². The second-order valence-corrected chi connectivity index (χ2v) is 3.06. The number of ketones is 2. The Morgan fingerprint density at radius 3 is 2.09 bits per heavy atom. The monoisotopic (exact) mass is 154 g/mol. The normalized spacial score (nSPS) is 32.1. The van der Waals surface area contributed by atoms with Crippen molar-refractivity contribution < 1.29 is 14.4 Å². The summed E-state index contributed by atoms with van der Waals surface area (Å²) in [5.41, 5.74) is 0. The molecule has 0 bridgehead atoms. The van der Waals surface area contributed by atoms with Gasteiger partial charge in [-0.1, -0.05) is 6.92 Å². The third-order valence-corrected chi connectivity index (χ3v) is 1.93. The lowest BCUT2D eigenvalue weighted by Crippen LogP contribution is -2.33. The molecule has 3 nitrogen and oxygen atoms in total. The van der Waals surface area contributed by atoms with Gasteiger partial charge in [0, 0.05) is 12.8 Å². The second-order valence-electron chi connectivity index (χ2n) is 3.06. The number of carbonyl (C=O) groups excluding carboxylic acids is 3. The van der Waals surface area contributed by atoms with Gasteiger partial charge in [0.2, 0.25) is 0 Å². The molecular formula is C8H10O3. The summed E-state index contributed by atoms with van der Waals surface area (Å²) >= 11 is 0. The molecule has 0 atom stereocenters. The Labute approximate surface area is 64.8 Å². The van der Waals surface area contributed by atoms with E-state index in [1.807, 2.05) is 6.92 Å². The zero-order valence-electron chi connectivity index (χ0n) is 6.37. The second kappa shape index (κ2) is 2.95. The highest BCUT2D eigenvalue weighted by Gasteiger charge is 2.32. The smallest absolute Gasteiger partial charge is 0.150 e. The van der Waals surface area contributed by atoms with Crippen LogP contribution in [0.3, 0.4) is 0 Å². The summed E-state index contributed by atoms with van der Waals surface area (Å²) in [6.07, 6.45) is 1.20. The third-order valence-electron chi connectivity index (χ3n) is 1.93. The van der Waals surface area contributed by atoms with Gasteiger partial charge in [0.1, 0.15) is 12.2 Å². The fraction of sp³-hybridized carbons (Fsp3) is 0.625. The summed E-state index contributed by atoms with van der Waals surface area (Å²) in [5.74, 6) is -1.27. The first-order valence-corrected chi connectivity index (χ1v) is 3.66. The Kier molecular flexibility index (Phi) is 2.17. The molecule has 60 valence electrons. The lowest BCUT2D eigenvalue weighted by molar-refractivity contribution is -0.139. The molecule has 0 radical (unpaired) electrons. The molecule has 0 aromatic heterocycles. The van der Waals surface area contributed by atoms with E-state index in [1.165, 1.54) is 0 Å². The zero-order valence-corrected chi connectivity index (χ0v) is 6.37. The summed E-state index contributed by atoms with van der Waals surface area (Å²) in [6.45, 7) is 1.84. The van der Waals surface area contributed by atoms with Crippen LogP contribution < -0.4 is 0 Å². The van der Waals surface area contributed by atoms with Crippen LogP contribution in [0.15, 0.2) is 0 Å². The number of aldehydes is 1. The topological polar surface area (TPSA) is 51.2 Å². The van der Waals surface area contributed by atoms with E-state index in [4.69, 9.17) is 0 Å². The van der Waals surface area contributed by atoms with Crippen molar-refractivity contribution >= 4 is 17.9 Å². The van der Waals surface area contributed by atoms with E-state index in [9.17, 15) is 14.4 Å². The van der Waals surface area contributed by atoms with Crippen molar-refractivity contribution in [3.05, 3.63) is 0 Å². The molecule has 11 heavy (non-hydrogen) atoms. The Morgan fingerprint density at radius 2 is 1.73 bits per heavy atom. The van der Waals surface area contributed by atoms with Gasteiger partial charge in [-0.15, -0.1) is 0 Å². The molecule has 0 unspecified atom stereocenters. The molecule has 1 aliphatic rings. The summed E-state index contributed by atoms with van der Waals surface area (Å²) in [4.78, 5) is 32.2. The van der Waals surface area contributed by atoms with E-state index in [-0.39, 0.29) is 17.5 Å². The van der Waals surface area contributed by atoms with Gasteiger partial charge in [0.15, 0.2) is 11.6 Å². The van der Waals surface area contributed by atoms with Crippen molar-refractivity contribution in [2.75, 3.05) is 0 Å². The molecule has 0 aromatic rings. The summed E-state index contributed by atoms with van der Waals surface area (Å²) in [6, 6.07) is 0. The van der Waals surface area contributed by atoms with Gasteiger partial charge in [-0.3, -0.25) is 9.59 Å². The van der Waals surface area contributed by atoms with Crippen molar-refractivity contribution in [3.63, 3.8) is 0 Å². The number of carbonyl (C=O) groups is 3. The molecule has 1 rings (SSSR count). The molecule has 0 N–H and O–H groups in total. The molecule has 0 spiro atoms. The lowest BCUT2D eigenvalue weighted by atomic mass is 9.82. The molecule has 0 amide bonds. The SMILES string of the molecule is CC1CC(=O)C(C=O)C(=O)C1. The van der Waals surface area contributed by atoms with E-state index >= 15 is 0 Å². The van der Waals surface area contributed by atoms with Crippen LogP contribution in [-0.4, -0.2) is 17.9 Å². The van der Waals surface area contributed by atoms with Crippen molar-refractivity contribution in [2.24, 2.45) is 11.8 Å². The van der Waals surface area contributed by atoms with Crippen LogP contribution in [0.4, 0.5) is 0 Å². The van der Waals surface area contributed by atoms with E-state index in [0.717, 1.165) is 0 Å². The van der Waals surface area contributed by atoms with Gasteiger partial charge in [0.25, 0.3) is 0 Å². The lowest BCUT2D eigenvalue weighted by Gasteiger charge is -2.19. The summed E-state index contributed by atoms with van der Waals surface area (Å²) < 4.78 is 0. The molecule has 3 heteroatoms. The van der Waals surface area contributed by atoms with Crippen LogP contribution in [0, 0.1) is 11.8 Å². The van der Waals surface area contributed by atoms with Crippen LogP contribution in [0.1, 0.15) is 19.8 Å². The quantitative estimate of drug-likeness (QED) is 0.405. The standard InChI is InChI=1S/C8H10O3/c1-5-2-7(10)6(4-9)8(11)3-5/h4-6H,2-3H2,1H3. The van der Waals surface area contributed by atoms with Crippen molar-refractivity contribution in [1.82, 2.24) is 0 Å². The summed E-state index contributed by atoms with van der Waals surface area (Å²) in [5, 5.41) is 0. The van der Waals surface area contributed by atoms with Crippen LogP contribution >= 0.6 is 0 Å². The largest absolute Gasteiger partial charge is 0.302 e. The Balaban J connectivity index is 2.74. The number of hydrogen-bond acceptors (Lipinski definition) is 3. The molecule has 0 aliphatic heterocycles. The molecule has 0 saturated heterocycles. The maximum atomic E-state index is 11.0. The zero-order chi connectivity index (χ0) is 8.43. The number of rotatable bonds is 1. The van der Waals surface area contributed by atoms with E-state index in [1.54, 1.807) is 0 Å². The average molecular weight is 154 g/mol. The number of hydrogen-bond donors (Lipinski definition) is 0. The molecule has 1 saturated carbocycles. The van der Waals surface area contributed by atoms with Gasteiger partial charge in [-0.05, 0) is 5.92 Å². The van der Waals surface area contributed by atoms with Gasteiger partial charge in [-0.25, -0.2) is 0 Å². The van der Waals surface area contributed by atoms with Gasteiger partial charge >= 0.3 is 0 Å². The van der Waals surface area contributed by atoms with Crippen LogP contribution in [0.5, 0.6) is 0 Å². The first-order chi connectivity index (χ1) is 5.15. The van der Waals surface area contributed by atoms with Crippen molar-refractivity contribution in [3.8, 4) is 0 Å². The number of Topliss-reactive ketones (excluding diaryl/α,β-unsaturated/α-hetero) is 2.